The van der Waals surface area contributed by atoms with Crippen molar-refractivity contribution in [1.82, 2.24) is 0 Å². The molecule has 0 radical (unpaired) electrons. The molecule has 0 amide bonds. The standard InChI is InChI=1S/C55H41NO/c1-3-55(4-2)51-18-9-7-14-46(51)47-31-30-43(35-52(47)55)56(41-26-22-37(23-27-41)40-21-20-36-12-5-6-13-39(36)34-40)42-28-24-38(25-29-42)44-16-11-17-49-45(44)32-33-50-48-15-8-10-19-53(48)57-54(49)50/h5-35H,3-4H2,1-2H3. The van der Waals surface area contributed by atoms with Gasteiger partial charge in [0.05, 0.1) is 0 Å². The number of fused-ring (bicyclic) bond motifs is 9. The second kappa shape index (κ2) is 13.1. The zero-order valence-electron chi connectivity index (χ0n) is 32.2. The van der Waals surface area contributed by atoms with E-state index in [1.54, 1.807) is 0 Å². The van der Waals surface area contributed by atoms with E-state index in [0.29, 0.717) is 0 Å². The van der Waals surface area contributed by atoms with E-state index >= 15 is 0 Å². The van der Waals surface area contributed by atoms with Crippen LogP contribution in [0.4, 0.5) is 17.1 Å². The summed E-state index contributed by atoms with van der Waals surface area (Å²) in [5, 5.41) is 7.14. The lowest BCUT2D eigenvalue weighted by Gasteiger charge is -2.32. The van der Waals surface area contributed by atoms with Crippen LogP contribution in [0.1, 0.15) is 37.8 Å². The Morgan fingerprint density at radius 1 is 0.404 bits per heavy atom. The van der Waals surface area contributed by atoms with Crippen molar-refractivity contribution in [3.05, 3.63) is 199 Å². The first kappa shape index (κ1) is 33.4. The quantitative estimate of drug-likeness (QED) is 0.162. The Bertz CT molecular complexity index is 3150. The van der Waals surface area contributed by atoms with E-state index in [0.717, 1.165) is 57.2 Å². The van der Waals surface area contributed by atoms with Crippen molar-refractivity contribution < 1.29 is 4.42 Å². The average molecular weight is 732 g/mol. The topological polar surface area (TPSA) is 16.4 Å². The second-order valence-electron chi connectivity index (χ2n) is 15.5. The van der Waals surface area contributed by atoms with Gasteiger partial charge >= 0.3 is 0 Å². The highest BCUT2D eigenvalue weighted by molar-refractivity contribution is 6.17. The van der Waals surface area contributed by atoms with Gasteiger partial charge in [0.15, 0.2) is 0 Å². The highest BCUT2D eigenvalue weighted by Crippen LogP contribution is 2.54. The van der Waals surface area contributed by atoms with Gasteiger partial charge in [-0.1, -0.05) is 147 Å². The summed E-state index contributed by atoms with van der Waals surface area (Å²) in [4.78, 5) is 2.42. The number of nitrogens with zero attached hydrogens (tertiary/aromatic N) is 1. The molecule has 9 aromatic carbocycles. The first-order valence-electron chi connectivity index (χ1n) is 20.2. The van der Waals surface area contributed by atoms with Gasteiger partial charge in [-0.25, -0.2) is 0 Å². The van der Waals surface area contributed by atoms with Gasteiger partial charge in [-0.15, -0.1) is 0 Å². The van der Waals surface area contributed by atoms with Gasteiger partial charge in [0.25, 0.3) is 0 Å². The third-order valence-corrected chi connectivity index (χ3v) is 12.8. The summed E-state index contributed by atoms with van der Waals surface area (Å²) >= 11 is 0. The van der Waals surface area contributed by atoms with Gasteiger partial charge in [-0.2, -0.15) is 0 Å². The minimum Gasteiger partial charge on any atom is -0.455 e. The molecule has 0 atom stereocenters. The Labute approximate surface area is 333 Å². The molecule has 272 valence electrons. The number of furan rings is 1. The first-order valence-corrected chi connectivity index (χ1v) is 20.2. The fraction of sp³-hybridized carbons (Fsp3) is 0.0909. The van der Waals surface area contributed by atoms with Crippen molar-refractivity contribution in [2.45, 2.75) is 32.1 Å². The van der Waals surface area contributed by atoms with Crippen molar-refractivity contribution in [2.75, 3.05) is 4.90 Å². The van der Waals surface area contributed by atoms with Crippen LogP contribution < -0.4 is 4.90 Å². The molecule has 0 N–H and O–H groups in total. The van der Waals surface area contributed by atoms with E-state index in [1.807, 2.05) is 6.07 Å². The minimum absolute atomic E-state index is 0.0168. The van der Waals surface area contributed by atoms with Gasteiger partial charge in [0.2, 0.25) is 0 Å². The van der Waals surface area contributed by atoms with Gasteiger partial charge in [0, 0.05) is 38.6 Å². The Morgan fingerprint density at radius 2 is 1.00 bits per heavy atom. The zero-order chi connectivity index (χ0) is 38.1. The summed E-state index contributed by atoms with van der Waals surface area (Å²) in [5.41, 5.74) is 15.6. The van der Waals surface area contributed by atoms with Gasteiger partial charge < -0.3 is 9.32 Å². The molecular weight excluding hydrogens is 691 g/mol. The van der Waals surface area contributed by atoms with E-state index in [9.17, 15) is 0 Å². The van der Waals surface area contributed by atoms with Crippen LogP contribution in [0.15, 0.2) is 192 Å². The number of benzene rings is 9. The molecule has 2 heteroatoms. The van der Waals surface area contributed by atoms with Gasteiger partial charge in [0.1, 0.15) is 11.2 Å². The van der Waals surface area contributed by atoms with Crippen molar-refractivity contribution in [2.24, 2.45) is 0 Å². The average Bonchev–Trinajstić information content (AvgIpc) is 3.80. The maximum Gasteiger partial charge on any atom is 0.143 e. The van der Waals surface area contributed by atoms with E-state index < -0.39 is 0 Å². The normalized spacial score (nSPS) is 13.0. The Hall–Kier alpha value is -6.90. The Morgan fingerprint density at radius 3 is 1.81 bits per heavy atom. The van der Waals surface area contributed by atoms with E-state index in [2.05, 4.69) is 201 Å². The second-order valence-corrected chi connectivity index (χ2v) is 15.5. The highest BCUT2D eigenvalue weighted by atomic mass is 16.3. The molecular formula is C55H41NO. The molecule has 0 unspecified atom stereocenters. The number of rotatable bonds is 7. The molecule has 0 fully saturated rings. The summed E-state index contributed by atoms with van der Waals surface area (Å²) in [7, 11) is 0. The summed E-state index contributed by atoms with van der Waals surface area (Å²) in [6.45, 7) is 4.69. The predicted molar refractivity (Wildman–Crippen MR) is 241 cm³/mol. The maximum absolute atomic E-state index is 6.44. The molecule has 1 aliphatic carbocycles. The molecule has 10 aromatic rings. The summed E-state index contributed by atoms with van der Waals surface area (Å²) < 4.78 is 6.44. The SMILES string of the molecule is CCC1(CC)c2ccccc2-c2ccc(N(c3ccc(-c4ccc5ccccc5c4)cc3)c3ccc(-c4cccc5c4ccc4c6ccccc6oc54)cc3)cc21. The summed E-state index contributed by atoms with van der Waals surface area (Å²) in [6.07, 6.45) is 2.11. The molecule has 1 heterocycles. The van der Waals surface area contributed by atoms with Crippen LogP contribution >= 0.6 is 0 Å². The van der Waals surface area contributed by atoms with Crippen LogP contribution in [0.2, 0.25) is 0 Å². The highest BCUT2D eigenvalue weighted by Gasteiger charge is 2.40. The molecule has 1 aromatic heterocycles. The molecule has 0 aliphatic heterocycles. The number of hydrogen-bond donors (Lipinski definition) is 0. The molecule has 0 saturated heterocycles. The van der Waals surface area contributed by atoms with Crippen LogP contribution in [0.5, 0.6) is 0 Å². The monoisotopic (exact) mass is 731 g/mol. The van der Waals surface area contributed by atoms with E-state index in [4.69, 9.17) is 4.42 Å². The zero-order valence-corrected chi connectivity index (χ0v) is 32.2. The van der Waals surface area contributed by atoms with E-state index in [-0.39, 0.29) is 5.41 Å². The van der Waals surface area contributed by atoms with Crippen molar-refractivity contribution in [3.63, 3.8) is 0 Å². The molecule has 11 rings (SSSR count). The van der Waals surface area contributed by atoms with Gasteiger partial charge in [-0.05, 0) is 128 Å². The van der Waals surface area contributed by atoms with Crippen LogP contribution in [0, 0.1) is 0 Å². The molecule has 0 saturated carbocycles. The van der Waals surface area contributed by atoms with Crippen molar-refractivity contribution >= 4 is 60.5 Å². The van der Waals surface area contributed by atoms with Crippen LogP contribution in [0.25, 0.3) is 76.9 Å². The molecule has 57 heavy (non-hydrogen) atoms. The summed E-state index contributed by atoms with van der Waals surface area (Å²) in [5.74, 6) is 0. The summed E-state index contributed by atoms with van der Waals surface area (Å²) in [6, 6.07) is 69.0. The van der Waals surface area contributed by atoms with Gasteiger partial charge in [-0.3, -0.25) is 0 Å². The largest absolute Gasteiger partial charge is 0.455 e. The lowest BCUT2D eigenvalue weighted by Crippen LogP contribution is -2.23. The Balaban J connectivity index is 1.03. The molecule has 1 aliphatic rings. The molecule has 2 nitrogen and oxygen atoms in total. The molecule has 0 spiro atoms. The Kier molecular flexibility index (Phi) is 7.69. The lowest BCUT2D eigenvalue weighted by molar-refractivity contribution is 0.490. The van der Waals surface area contributed by atoms with Crippen LogP contribution in [-0.4, -0.2) is 0 Å². The van der Waals surface area contributed by atoms with Crippen molar-refractivity contribution in [1.29, 1.82) is 0 Å². The lowest BCUT2D eigenvalue weighted by atomic mass is 9.74. The number of anilines is 3. The number of hydrogen-bond acceptors (Lipinski definition) is 2. The van der Waals surface area contributed by atoms with E-state index in [1.165, 1.54) is 60.7 Å². The fourth-order valence-electron chi connectivity index (χ4n) is 9.80. The fourth-order valence-corrected chi connectivity index (χ4v) is 9.80. The first-order chi connectivity index (χ1) is 28.1. The number of para-hydroxylation sites is 1. The minimum atomic E-state index is -0.0168. The molecule has 0 bridgehead atoms. The van der Waals surface area contributed by atoms with Crippen molar-refractivity contribution in [3.8, 4) is 33.4 Å². The van der Waals surface area contributed by atoms with Crippen LogP contribution in [0.3, 0.4) is 0 Å². The van der Waals surface area contributed by atoms with Crippen LogP contribution in [-0.2, 0) is 5.41 Å². The third kappa shape index (κ3) is 5.17. The maximum atomic E-state index is 6.44. The predicted octanol–water partition coefficient (Wildman–Crippen LogP) is 15.8. The third-order valence-electron chi connectivity index (χ3n) is 12.8. The smallest absolute Gasteiger partial charge is 0.143 e.